The van der Waals surface area contributed by atoms with Gasteiger partial charge in [-0.25, -0.2) is 0 Å². The van der Waals surface area contributed by atoms with Crippen LogP contribution in [0, 0.1) is 6.92 Å². The van der Waals surface area contributed by atoms with Crippen molar-refractivity contribution in [2.45, 2.75) is 25.6 Å². The van der Waals surface area contributed by atoms with Gasteiger partial charge in [0.05, 0.1) is 18.0 Å². The van der Waals surface area contributed by atoms with Crippen molar-refractivity contribution in [2.75, 3.05) is 24.5 Å². The molecule has 1 saturated heterocycles. The van der Waals surface area contributed by atoms with Gasteiger partial charge in [-0.1, -0.05) is 53.5 Å². The fourth-order valence-corrected chi connectivity index (χ4v) is 4.71. The molecule has 1 unspecified atom stereocenters. The first-order valence-electron chi connectivity index (χ1n) is 10.8. The number of nitrogens with zero attached hydrogens (tertiary/aromatic N) is 2. The van der Waals surface area contributed by atoms with Gasteiger partial charge in [0.25, 0.3) is 0 Å². The van der Waals surface area contributed by atoms with Gasteiger partial charge < -0.3 is 9.80 Å². The zero-order valence-corrected chi connectivity index (χ0v) is 20.0. The number of aryl methyl sites for hydroxylation is 1. The molecule has 3 aromatic carbocycles. The van der Waals surface area contributed by atoms with Crippen LogP contribution in [0.25, 0.3) is 0 Å². The van der Waals surface area contributed by atoms with Crippen molar-refractivity contribution < 1.29 is 18.0 Å². The summed E-state index contributed by atoms with van der Waals surface area (Å²) in [7, 11) is 0. The van der Waals surface area contributed by atoms with Crippen LogP contribution in [0.1, 0.15) is 28.3 Å². The quantitative estimate of drug-likeness (QED) is 0.382. The van der Waals surface area contributed by atoms with Crippen LogP contribution in [-0.2, 0) is 17.4 Å². The van der Waals surface area contributed by atoms with Crippen molar-refractivity contribution in [1.29, 1.82) is 0 Å². The molecule has 0 bridgehead atoms. The van der Waals surface area contributed by atoms with Crippen molar-refractivity contribution in [2.24, 2.45) is 0 Å². The molecule has 4 rings (SSSR count). The molecule has 0 radical (unpaired) electrons. The number of anilines is 1. The van der Waals surface area contributed by atoms with E-state index in [2.05, 4.69) is 4.90 Å². The monoisotopic (exact) mass is 506 g/mol. The Balaban J connectivity index is 1.58. The minimum absolute atomic E-state index is 0.0861. The number of piperazine rings is 1. The van der Waals surface area contributed by atoms with Crippen molar-refractivity contribution in [3.8, 4) is 0 Å². The Kier molecular flexibility index (Phi) is 7.10. The van der Waals surface area contributed by atoms with Gasteiger partial charge in [0.2, 0.25) is 5.91 Å². The first-order chi connectivity index (χ1) is 16.1. The van der Waals surface area contributed by atoms with Crippen LogP contribution in [0.15, 0.2) is 66.7 Å². The number of carbonyl (C=O) groups is 1. The molecule has 1 heterocycles. The highest BCUT2D eigenvalue weighted by Gasteiger charge is 2.33. The minimum Gasteiger partial charge on any atom is -0.361 e. The van der Waals surface area contributed by atoms with Crippen molar-refractivity contribution >= 4 is 34.8 Å². The fourth-order valence-electron chi connectivity index (χ4n) is 4.35. The molecule has 3 nitrogen and oxygen atoms in total. The largest absolute Gasteiger partial charge is 0.416 e. The van der Waals surface area contributed by atoms with E-state index in [1.54, 1.807) is 11.0 Å². The number of benzene rings is 3. The molecule has 0 spiro atoms. The number of hydrogen-bond donors (Lipinski definition) is 0. The second kappa shape index (κ2) is 9.88. The zero-order chi connectivity index (χ0) is 24.5. The molecule has 0 aliphatic carbocycles. The second-order valence-corrected chi connectivity index (χ2v) is 9.28. The molecular formula is C26H23Cl2F3N2O. The van der Waals surface area contributed by atoms with Crippen LogP contribution < -0.4 is 4.90 Å². The van der Waals surface area contributed by atoms with Gasteiger partial charge in [-0.15, -0.1) is 0 Å². The Labute approximate surface area is 206 Å². The Morgan fingerprint density at radius 1 is 0.971 bits per heavy atom. The first-order valence-corrected chi connectivity index (χ1v) is 11.6. The molecule has 1 aliphatic heterocycles. The standard InChI is InChI=1S/C26H23Cl2F3N2O/c1-17-13-22(28)9-10-23(17)33-12-11-32(16-24(33)19-5-7-21(27)8-6-19)25(34)15-18-3-2-4-20(14-18)26(29,30)31/h2-10,13-14,24H,11-12,15-16H2,1H3. The lowest BCUT2D eigenvalue weighted by atomic mass is 9.99. The van der Waals surface area contributed by atoms with E-state index in [-0.39, 0.29) is 18.4 Å². The minimum atomic E-state index is -4.44. The number of amides is 1. The van der Waals surface area contributed by atoms with Crippen molar-refractivity contribution in [3.05, 3.63) is 99.0 Å². The molecular weight excluding hydrogens is 484 g/mol. The summed E-state index contributed by atoms with van der Waals surface area (Å²) in [5, 5.41) is 1.27. The van der Waals surface area contributed by atoms with E-state index < -0.39 is 11.7 Å². The van der Waals surface area contributed by atoms with E-state index in [0.29, 0.717) is 35.2 Å². The molecule has 1 fully saturated rings. The summed E-state index contributed by atoms with van der Waals surface area (Å²) >= 11 is 12.2. The van der Waals surface area contributed by atoms with Gasteiger partial charge in [0.15, 0.2) is 0 Å². The van der Waals surface area contributed by atoms with E-state index in [0.717, 1.165) is 28.9 Å². The summed E-state index contributed by atoms with van der Waals surface area (Å²) in [5.74, 6) is -0.203. The SMILES string of the molecule is Cc1cc(Cl)ccc1N1CCN(C(=O)Cc2cccc(C(F)(F)F)c2)CC1c1ccc(Cl)cc1. The number of alkyl halides is 3. The maximum Gasteiger partial charge on any atom is 0.416 e. The third-order valence-electron chi connectivity index (χ3n) is 6.07. The van der Waals surface area contributed by atoms with Gasteiger partial charge in [-0.3, -0.25) is 4.79 Å². The summed E-state index contributed by atoms with van der Waals surface area (Å²) < 4.78 is 39.2. The molecule has 1 amide bonds. The van der Waals surface area contributed by atoms with E-state index in [1.807, 2.05) is 49.4 Å². The zero-order valence-electron chi connectivity index (χ0n) is 18.4. The maximum atomic E-state index is 13.1. The number of halogens is 5. The van der Waals surface area contributed by atoms with Gasteiger partial charge in [-0.2, -0.15) is 13.2 Å². The topological polar surface area (TPSA) is 23.6 Å². The number of hydrogen-bond acceptors (Lipinski definition) is 2. The summed E-state index contributed by atoms with van der Waals surface area (Å²) in [5.41, 5.74) is 2.64. The predicted molar refractivity (Wildman–Crippen MR) is 129 cm³/mol. The van der Waals surface area contributed by atoms with Gasteiger partial charge in [-0.05, 0) is 60.0 Å². The van der Waals surface area contributed by atoms with Gasteiger partial charge in [0, 0.05) is 35.4 Å². The fraction of sp³-hybridized carbons (Fsp3) is 0.269. The van der Waals surface area contributed by atoms with Gasteiger partial charge >= 0.3 is 6.18 Å². The normalized spacial score (nSPS) is 16.6. The summed E-state index contributed by atoms with van der Waals surface area (Å²) in [6.07, 6.45) is -4.53. The number of rotatable bonds is 4. The maximum absolute atomic E-state index is 13.1. The molecule has 0 aromatic heterocycles. The molecule has 3 aromatic rings. The van der Waals surface area contributed by atoms with Crippen LogP contribution in [0.3, 0.4) is 0 Å². The lowest BCUT2D eigenvalue weighted by Crippen LogP contribution is -2.51. The summed E-state index contributed by atoms with van der Waals surface area (Å²) in [6.45, 7) is 3.43. The van der Waals surface area contributed by atoms with Crippen molar-refractivity contribution in [3.63, 3.8) is 0 Å². The Bertz CT molecular complexity index is 1180. The second-order valence-electron chi connectivity index (χ2n) is 8.41. The number of carbonyl (C=O) groups excluding carboxylic acids is 1. The van der Waals surface area contributed by atoms with Crippen LogP contribution in [-0.4, -0.2) is 30.4 Å². The highest BCUT2D eigenvalue weighted by molar-refractivity contribution is 6.31. The van der Waals surface area contributed by atoms with Crippen molar-refractivity contribution in [1.82, 2.24) is 4.90 Å². The average Bonchev–Trinajstić information content (AvgIpc) is 2.79. The average molecular weight is 507 g/mol. The van der Waals surface area contributed by atoms with Crippen LogP contribution in [0.4, 0.5) is 18.9 Å². The van der Waals surface area contributed by atoms with Crippen LogP contribution in [0.5, 0.6) is 0 Å². The summed E-state index contributed by atoms with van der Waals surface area (Å²) in [4.78, 5) is 17.1. The lowest BCUT2D eigenvalue weighted by Gasteiger charge is -2.43. The highest BCUT2D eigenvalue weighted by atomic mass is 35.5. The molecule has 0 saturated carbocycles. The lowest BCUT2D eigenvalue weighted by molar-refractivity contribution is -0.138. The van der Waals surface area contributed by atoms with E-state index in [1.165, 1.54) is 6.07 Å². The Morgan fingerprint density at radius 2 is 1.68 bits per heavy atom. The van der Waals surface area contributed by atoms with Crippen LogP contribution in [0.2, 0.25) is 10.0 Å². The van der Waals surface area contributed by atoms with Crippen LogP contribution >= 0.6 is 23.2 Å². The Morgan fingerprint density at radius 3 is 2.35 bits per heavy atom. The Hall–Kier alpha value is -2.70. The predicted octanol–water partition coefficient (Wildman–Crippen LogP) is 6.95. The summed E-state index contributed by atoms with van der Waals surface area (Å²) in [6, 6.07) is 18.0. The molecule has 1 atom stereocenters. The van der Waals surface area contributed by atoms with E-state index in [9.17, 15) is 18.0 Å². The molecule has 178 valence electrons. The van der Waals surface area contributed by atoms with Gasteiger partial charge in [0.1, 0.15) is 0 Å². The highest BCUT2D eigenvalue weighted by Crippen LogP contribution is 2.35. The molecule has 0 N–H and O–H groups in total. The third kappa shape index (κ3) is 5.50. The smallest absolute Gasteiger partial charge is 0.361 e. The third-order valence-corrected chi connectivity index (χ3v) is 6.55. The molecule has 1 aliphatic rings. The van der Waals surface area contributed by atoms with E-state index in [4.69, 9.17) is 23.2 Å². The first kappa shape index (κ1) is 24.4. The van der Waals surface area contributed by atoms with E-state index >= 15 is 0 Å². The molecule has 34 heavy (non-hydrogen) atoms. The molecule has 8 heteroatoms.